The van der Waals surface area contributed by atoms with Crippen molar-refractivity contribution in [3.05, 3.63) is 24.0 Å². The summed E-state index contributed by atoms with van der Waals surface area (Å²) in [5, 5.41) is 8.62. The summed E-state index contributed by atoms with van der Waals surface area (Å²) in [6, 6.07) is 2.55. The summed E-state index contributed by atoms with van der Waals surface area (Å²) in [7, 11) is 0. The van der Waals surface area contributed by atoms with Gasteiger partial charge >= 0.3 is 12.1 Å². The first-order valence-corrected chi connectivity index (χ1v) is 4.77. The maximum Gasteiger partial charge on any atom is 0.389 e. The zero-order valence-electron chi connectivity index (χ0n) is 8.70. The Morgan fingerprint density at radius 2 is 2.18 bits per heavy atom. The Labute approximate surface area is 95.0 Å². The summed E-state index contributed by atoms with van der Waals surface area (Å²) >= 11 is 0. The van der Waals surface area contributed by atoms with Crippen molar-refractivity contribution in [2.75, 3.05) is 6.61 Å². The highest BCUT2D eigenvalue weighted by Gasteiger charge is 2.26. The molecule has 0 aromatic carbocycles. The standard InChI is InChI=1S/C10H10F3NO3/c11-10(12,13)3-1-5-17-7-2-4-14-8(6-7)9(15)16/h2,4,6H,1,3,5H2,(H,15,16). The molecule has 0 amide bonds. The van der Waals surface area contributed by atoms with Crippen molar-refractivity contribution in [2.24, 2.45) is 0 Å². The fourth-order valence-corrected chi connectivity index (χ4v) is 1.08. The molecule has 0 aliphatic rings. The minimum absolute atomic E-state index is 0.122. The van der Waals surface area contributed by atoms with Crippen LogP contribution in [0.5, 0.6) is 5.75 Å². The van der Waals surface area contributed by atoms with Crippen molar-refractivity contribution in [2.45, 2.75) is 19.0 Å². The number of alkyl halides is 3. The summed E-state index contributed by atoms with van der Waals surface area (Å²) in [5.74, 6) is -1.02. The molecule has 0 radical (unpaired) electrons. The number of halogens is 3. The van der Waals surface area contributed by atoms with E-state index in [0.717, 1.165) is 6.07 Å². The number of hydrogen-bond donors (Lipinski definition) is 1. The zero-order valence-corrected chi connectivity index (χ0v) is 8.70. The fourth-order valence-electron chi connectivity index (χ4n) is 1.08. The highest BCUT2D eigenvalue weighted by molar-refractivity contribution is 5.85. The Bertz CT molecular complexity index is 393. The third kappa shape index (κ3) is 5.19. The molecule has 1 rings (SSSR count). The van der Waals surface area contributed by atoms with Crippen molar-refractivity contribution in [3.8, 4) is 5.75 Å². The quantitative estimate of drug-likeness (QED) is 0.814. The molecular weight excluding hydrogens is 239 g/mol. The summed E-state index contributed by atoms with van der Waals surface area (Å²) in [6.07, 6.45) is -4.07. The zero-order chi connectivity index (χ0) is 12.9. The maximum absolute atomic E-state index is 11.8. The normalized spacial score (nSPS) is 11.2. The van der Waals surface area contributed by atoms with Gasteiger partial charge in [-0.05, 0) is 12.5 Å². The summed E-state index contributed by atoms with van der Waals surface area (Å²) < 4.78 is 40.4. The van der Waals surface area contributed by atoms with Crippen molar-refractivity contribution in [3.63, 3.8) is 0 Å². The van der Waals surface area contributed by atoms with Gasteiger partial charge in [0, 0.05) is 18.7 Å². The molecule has 4 nitrogen and oxygen atoms in total. The van der Waals surface area contributed by atoms with E-state index < -0.39 is 18.6 Å². The van der Waals surface area contributed by atoms with Gasteiger partial charge in [0.1, 0.15) is 5.75 Å². The predicted molar refractivity (Wildman–Crippen MR) is 52.0 cm³/mol. The SMILES string of the molecule is O=C(O)c1cc(OCCCC(F)(F)F)ccn1. The molecule has 0 bridgehead atoms. The molecule has 7 heteroatoms. The maximum atomic E-state index is 11.8. The van der Waals surface area contributed by atoms with E-state index in [1.54, 1.807) is 0 Å². The van der Waals surface area contributed by atoms with E-state index in [9.17, 15) is 18.0 Å². The Morgan fingerprint density at radius 1 is 1.47 bits per heavy atom. The lowest BCUT2D eigenvalue weighted by Gasteiger charge is -2.08. The van der Waals surface area contributed by atoms with Crippen LogP contribution in [0.15, 0.2) is 18.3 Å². The molecule has 17 heavy (non-hydrogen) atoms. The van der Waals surface area contributed by atoms with E-state index >= 15 is 0 Å². The molecule has 94 valence electrons. The Hall–Kier alpha value is -1.79. The van der Waals surface area contributed by atoms with Crippen LogP contribution in [0.1, 0.15) is 23.3 Å². The van der Waals surface area contributed by atoms with Crippen LogP contribution >= 0.6 is 0 Å². The van der Waals surface area contributed by atoms with Crippen molar-refractivity contribution in [1.29, 1.82) is 0 Å². The number of rotatable bonds is 5. The Balaban J connectivity index is 2.42. The molecule has 0 saturated heterocycles. The van der Waals surface area contributed by atoms with Crippen molar-refractivity contribution in [1.82, 2.24) is 4.98 Å². The van der Waals surface area contributed by atoms with E-state index in [4.69, 9.17) is 9.84 Å². The third-order valence-electron chi connectivity index (χ3n) is 1.82. The first-order chi connectivity index (χ1) is 7.88. The largest absolute Gasteiger partial charge is 0.493 e. The molecule has 0 unspecified atom stereocenters. The second-order valence-corrected chi connectivity index (χ2v) is 3.25. The van der Waals surface area contributed by atoms with Gasteiger partial charge in [-0.2, -0.15) is 13.2 Å². The van der Waals surface area contributed by atoms with Gasteiger partial charge in [0.15, 0.2) is 5.69 Å². The fraction of sp³-hybridized carbons (Fsp3) is 0.400. The summed E-state index contributed by atoms with van der Waals surface area (Å²) in [6.45, 7) is -0.122. The summed E-state index contributed by atoms with van der Waals surface area (Å²) in [5.41, 5.74) is -0.210. The van der Waals surface area contributed by atoms with Crippen LogP contribution in [-0.4, -0.2) is 28.8 Å². The predicted octanol–water partition coefficient (Wildman–Crippen LogP) is 2.50. The molecule has 0 atom stereocenters. The van der Waals surface area contributed by atoms with E-state index in [1.165, 1.54) is 12.3 Å². The minimum atomic E-state index is -4.20. The molecule has 0 spiro atoms. The number of ether oxygens (including phenoxy) is 1. The van der Waals surface area contributed by atoms with Crippen LogP contribution in [0.2, 0.25) is 0 Å². The van der Waals surface area contributed by atoms with Crippen LogP contribution in [0.3, 0.4) is 0 Å². The molecule has 0 saturated carbocycles. The number of hydrogen-bond acceptors (Lipinski definition) is 3. The number of aromatic carboxylic acids is 1. The first-order valence-electron chi connectivity index (χ1n) is 4.77. The van der Waals surface area contributed by atoms with Gasteiger partial charge in [0.25, 0.3) is 0 Å². The number of carboxylic acid groups (broad SMARTS) is 1. The van der Waals surface area contributed by atoms with E-state index in [2.05, 4.69) is 4.98 Å². The number of carboxylic acids is 1. The van der Waals surface area contributed by atoms with Gasteiger partial charge in [-0.1, -0.05) is 0 Å². The monoisotopic (exact) mass is 249 g/mol. The van der Waals surface area contributed by atoms with Gasteiger partial charge in [0.05, 0.1) is 6.61 Å². The molecule has 1 heterocycles. The van der Waals surface area contributed by atoms with Crippen LogP contribution in [0.25, 0.3) is 0 Å². The topological polar surface area (TPSA) is 59.4 Å². The van der Waals surface area contributed by atoms with Crippen LogP contribution < -0.4 is 4.74 Å². The lowest BCUT2D eigenvalue weighted by Crippen LogP contribution is -2.10. The lowest BCUT2D eigenvalue weighted by molar-refractivity contribution is -0.136. The van der Waals surface area contributed by atoms with E-state index in [0.29, 0.717) is 0 Å². The van der Waals surface area contributed by atoms with E-state index in [1.807, 2.05) is 0 Å². The van der Waals surface area contributed by atoms with Crippen molar-refractivity contribution >= 4 is 5.97 Å². The first kappa shape index (κ1) is 13.3. The average Bonchev–Trinajstić information content (AvgIpc) is 2.23. The molecule has 0 aliphatic carbocycles. The molecule has 1 aromatic heterocycles. The number of pyridine rings is 1. The molecule has 1 aromatic rings. The third-order valence-corrected chi connectivity index (χ3v) is 1.82. The smallest absolute Gasteiger partial charge is 0.389 e. The van der Waals surface area contributed by atoms with E-state index in [-0.39, 0.29) is 24.5 Å². The Morgan fingerprint density at radius 3 is 2.76 bits per heavy atom. The number of carbonyl (C=O) groups is 1. The van der Waals surface area contributed by atoms with Crippen molar-refractivity contribution < 1.29 is 27.8 Å². The second kappa shape index (κ2) is 5.51. The Kier molecular flexibility index (Phi) is 4.30. The summed E-state index contributed by atoms with van der Waals surface area (Å²) in [4.78, 5) is 14.1. The van der Waals surface area contributed by atoms with Crippen LogP contribution in [0.4, 0.5) is 13.2 Å². The van der Waals surface area contributed by atoms with Gasteiger partial charge in [-0.25, -0.2) is 9.78 Å². The minimum Gasteiger partial charge on any atom is -0.493 e. The number of aromatic nitrogens is 1. The number of nitrogens with zero attached hydrogens (tertiary/aromatic N) is 1. The molecule has 1 N–H and O–H groups in total. The average molecular weight is 249 g/mol. The van der Waals surface area contributed by atoms with Gasteiger partial charge in [-0.15, -0.1) is 0 Å². The highest BCUT2D eigenvalue weighted by Crippen LogP contribution is 2.21. The lowest BCUT2D eigenvalue weighted by atomic mass is 10.3. The second-order valence-electron chi connectivity index (χ2n) is 3.25. The van der Waals surface area contributed by atoms with Crippen LogP contribution in [0, 0.1) is 0 Å². The van der Waals surface area contributed by atoms with Crippen LogP contribution in [-0.2, 0) is 0 Å². The highest BCUT2D eigenvalue weighted by atomic mass is 19.4. The van der Waals surface area contributed by atoms with Gasteiger partial charge in [0.2, 0.25) is 0 Å². The van der Waals surface area contributed by atoms with Gasteiger partial charge in [-0.3, -0.25) is 0 Å². The molecular formula is C10H10F3NO3. The van der Waals surface area contributed by atoms with Gasteiger partial charge < -0.3 is 9.84 Å². The molecule has 0 aliphatic heterocycles. The molecule has 0 fully saturated rings.